The van der Waals surface area contributed by atoms with Crippen LogP contribution in [-0.4, -0.2) is 10.1 Å². The maximum absolute atomic E-state index is 5.79. The van der Waals surface area contributed by atoms with Crippen LogP contribution in [0.25, 0.3) is 0 Å². The molecule has 0 aliphatic heterocycles. The van der Waals surface area contributed by atoms with Crippen molar-refractivity contribution >= 4 is 0 Å². The van der Waals surface area contributed by atoms with Gasteiger partial charge >= 0.3 is 0 Å². The lowest BCUT2D eigenvalue weighted by molar-refractivity contribution is 0.242. The third-order valence-corrected chi connectivity index (χ3v) is 2.36. The molecule has 90 valence electrons. The van der Waals surface area contributed by atoms with Crippen molar-refractivity contribution in [3.63, 3.8) is 0 Å². The topological polar surface area (TPSA) is 74.2 Å². The smallest absolute Gasteiger partial charge is 0.264 e. The fourth-order valence-electron chi connectivity index (χ4n) is 1.32. The van der Waals surface area contributed by atoms with Gasteiger partial charge in [0.2, 0.25) is 0 Å². The molecule has 2 aromatic rings. The van der Waals surface area contributed by atoms with E-state index in [1.807, 2.05) is 37.3 Å². The number of nitrogens with two attached hydrogens (primary N) is 1. The van der Waals surface area contributed by atoms with E-state index in [9.17, 15) is 0 Å². The minimum Gasteiger partial charge on any atom is -0.484 e. The second-order valence-electron chi connectivity index (χ2n) is 3.66. The number of hydrogen-bond donors (Lipinski definition) is 1. The van der Waals surface area contributed by atoms with Crippen LogP contribution in [-0.2, 0) is 6.61 Å². The molecule has 0 saturated heterocycles. The van der Waals surface area contributed by atoms with E-state index < -0.39 is 0 Å². The fourth-order valence-corrected chi connectivity index (χ4v) is 1.32. The third kappa shape index (κ3) is 3.04. The predicted molar refractivity (Wildman–Crippen MR) is 62.3 cm³/mol. The highest BCUT2D eigenvalue weighted by atomic mass is 16.5. The van der Waals surface area contributed by atoms with Gasteiger partial charge in [-0.05, 0) is 18.6 Å². The Kier molecular flexibility index (Phi) is 3.72. The molecule has 1 atom stereocenters. The highest BCUT2D eigenvalue weighted by Crippen LogP contribution is 2.13. The van der Waals surface area contributed by atoms with Gasteiger partial charge in [-0.1, -0.05) is 30.3 Å². The van der Waals surface area contributed by atoms with Crippen molar-refractivity contribution in [2.24, 2.45) is 5.73 Å². The summed E-state index contributed by atoms with van der Waals surface area (Å²) >= 11 is 0. The Balaban J connectivity index is 1.94. The minimum atomic E-state index is -0.177. The molecule has 0 amide bonds. The number of rotatable bonds is 5. The summed E-state index contributed by atoms with van der Waals surface area (Å²) < 4.78 is 10.5. The Morgan fingerprint density at radius 1 is 1.35 bits per heavy atom. The molecule has 5 nitrogen and oxygen atoms in total. The lowest BCUT2D eigenvalue weighted by Crippen LogP contribution is -2.10. The first-order chi connectivity index (χ1) is 8.29. The molecule has 0 saturated carbocycles. The van der Waals surface area contributed by atoms with Crippen molar-refractivity contribution in [3.05, 3.63) is 42.0 Å². The third-order valence-electron chi connectivity index (χ3n) is 2.36. The van der Waals surface area contributed by atoms with Crippen LogP contribution in [0, 0.1) is 0 Å². The number of hydrogen-bond acceptors (Lipinski definition) is 5. The van der Waals surface area contributed by atoms with Crippen LogP contribution < -0.4 is 10.5 Å². The van der Waals surface area contributed by atoms with Gasteiger partial charge in [-0.15, -0.1) is 0 Å². The summed E-state index contributed by atoms with van der Waals surface area (Å²) in [5.41, 5.74) is 5.79. The van der Waals surface area contributed by atoms with Crippen LogP contribution >= 0.6 is 0 Å². The normalized spacial score (nSPS) is 12.4. The lowest BCUT2D eigenvalue weighted by atomic mass is 10.2. The van der Waals surface area contributed by atoms with Gasteiger partial charge in [0, 0.05) is 0 Å². The molecule has 0 spiro atoms. The van der Waals surface area contributed by atoms with Crippen LogP contribution in [0.1, 0.15) is 31.1 Å². The van der Waals surface area contributed by atoms with E-state index in [4.69, 9.17) is 15.0 Å². The van der Waals surface area contributed by atoms with Crippen LogP contribution in [0.4, 0.5) is 0 Å². The van der Waals surface area contributed by atoms with Gasteiger partial charge in [0.25, 0.3) is 5.89 Å². The molecule has 0 bridgehead atoms. The van der Waals surface area contributed by atoms with Gasteiger partial charge < -0.3 is 15.0 Å². The van der Waals surface area contributed by atoms with Gasteiger partial charge in [0.05, 0.1) is 6.04 Å². The largest absolute Gasteiger partial charge is 0.484 e. The summed E-state index contributed by atoms with van der Waals surface area (Å²) in [6, 6.07) is 9.30. The highest BCUT2D eigenvalue weighted by Gasteiger charge is 2.12. The second kappa shape index (κ2) is 5.45. The molecular formula is C12H15N3O2. The molecule has 1 heterocycles. The molecule has 5 heteroatoms. The molecule has 0 radical (unpaired) electrons. The van der Waals surface area contributed by atoms with E-state index in [0.717, 1.165) is 12.2 Å². The quantitative estimate of drug-likeness (QED) is 0.855. The Morgan fingerprint density at radius 3 is 2.82 bits per heavy atom. The molecule has 1 aromatic heterocycles. The van der Waals surface area contributed by atoms with E-state index in [-0.39, 0.29) is 12.6 Å². The summed E-state index contributed by atoms with van der Waals surface area (Å²) in [4.78, 5) is 4.17. The maximum atomic E-state index is 5.79. The number of benzene rings is 1. The van der Waals surface area contributed by atoms with Crippen LogP contribution in [0.2, 0.25) is 0 Å². The van der Waals surface area contributed by atoms with Gasteiger partial charge in [-0.25, -0.2) is 0 Å². The zero-order valence-electron chi connectivity index (χ0n) is 9.67. The minimum absolute atomic E-state index is 0.177. The molecular weight excluding hydrogens is 218 g/mol. The van der Waals surface area contributed by atoms with Crippen LogP contribution in [0.15, 0.2) is 34.9 Å². The molecule has 1 aromatic carbocycles. The Hall–Kier alpha value is -1.88. The molecule has 2 rings (SSSR count). The van der Waals surface area contributed by atoms with E-state index >= 15 is 0 Å². The van der Waals surface area contributed by atoms with Crippen molar-refractivity contribution in [2.75, 3.05) is 0 Å². The zero-order valence-corrected chi connectivity index (χ0v) is 9.67. The highest BCUT2D eigenvalue weighted by molar-refractivity contribution is 5.20. The number of nitrogens with zero attached hydrogens (tertiary/aromatic N) is 2. The standard InChI is InChI=1S/C12H15N3O2/c1-2-10(13)12-14-11(17-15-12)8-16-9-6-4-3-5-7-9/h3-7,10H,2,8,13H2,1H3. The lowest BCUT2D eigenvalue weighted by Gasteiger charge is -2.01. The SMILES string of the molecule is CCC(N)c1noc(COc2ccccc2)n1. The molecule has 2 N–H and O–H groups in total. The van der Waals surface area contributed by atoms with Crippen molar-refractivity contribution in [3.8, 4) is 5.75 Å². The Morgan fingerprint density at radius 2 is 2.12 bits per heavy atom. The fraction of sp³-hybridized carbons (Fsp3) is 0.333. The first-order valence-electron chi connectivity index (χ1n) is 5.55. The molecule has 1 unspecified atom stereocenters. The number of ether oxygens (including phenoxy) is 1. The summed E-state index contributed by atoms with van der Waals surface area (Å²) in [7, 11) is 0. The zero-order chi connectivity index (χ0) is 12.1. The monoisotopic (exact) mass is 233 g/mol. The number of aromatic nitrogens is 2. The average Bonchev–Trinajstić information content (AvgIpc) is 2.85. The van der Waals surface area contributed by atoms with Gasteiger partial charge in [-0.3, -0.25) is 0 Å². The summed E-state index contributed by atoms with van der Waals surface area (Å²) in [6.45, 7) is 2.23. The van der Waals surface area contributed by atoms with E-state index in [1.165, 1.54) is 0 Å². The van der Waals surface area contributed by atoms with E-state index in [1.54, 1.807) is 0 Å². The summed E-state index contributed by atoms with van der Waals surface area (Å²) in [5, 5.41) is 3.81. The van der Waals surface area contributed by atoms with Crippen molar-refractivity contribution in [2.45, 2.75) is 26.0 Å². The number of para-hydroxylation sites is 1. The van der Waals surface area contributed by atoms with Crippen molar-refractivity contribution in [1.82, 2.24) is 10.1 Å². The Bertz CT molecular complexity index is 456. The van der Waals surface area contributed by atoms with Gasteiger partial charge in [0.1, 0.15) is 5.75 Å². The van der Waals surface area contributed by atoms with Gasteiger partial charge in [0.15, 0.2) is 12.4 Å². The summed E-state index contributed by atoms with van der Waals surface area (Å²) in [5.74, 6) is 1.74. The average molecular weight is 233 g/mol. The first kappa shape index (κ1) is 11.6. The second-order valence-corrected chi connectivity index (χ2v) is 3.66. The molecule has 17 heavy (non-hydrogen) atoms. The summed E-state index contributed by atoms with van der Waals surface area (Å²) in [6.07, 6.45) is 0.776. The molecule has 0 aliphatic carbocycles. The van der Waals surface area contributed by atoms with Crippen LogP contribution in [0.3, 0.4) is 0 Å². The van der Waals surface area contributed by atoms with Crippen molar-refractivity contribution in [1.29, 1.82) is 0 Å². The Labute approximate surface area is 99.6 Å². The maximum Gasteiger partial charge on any atom is 0.264 e. The molecule has 0 aliphatic rings. The van der Waals surface area contributed by atoms with E-state index in [0.29, 0.717) is 11.7 Å². The molecule has 0 fully saturated rings. The first-order valence-corrected chi connectivity index (χ1v) is 5.55. The van der Waals surface area contributed by atoms with E-state index in [2.05, 4.69) is 10.1 Å². The van der Waals surface area contributed by atoms with Gasteiger partial charge in [-0.2, -0.15) is 4.98 Å². The van der Waals surface area contributed by atoms with Crippen LogP contribution in [0.5, 0.6) is 5.75 Å². The predicted octanol–water partition coefficient (Wildman–Crippen LogP) is 2.06. The van der Waals surface area contributed by atoms with Crippen molar-refractivity contribution < 1.29 is 9.26 Å².